The van der Waals surface area contributed by atoms with Gasteiger partial charge in [-0.1, -0.05) is 0 Å². The molecule has 0 amide bonds. The fourth-order valence-electron chi connectivity index (χ4n) is 3.04. The first-order valence-corrected chi connectivity index (χ1v) is 8.90. The third-order valence-electron chi connectivity index (χ3n) is 4.61. The minimum absolute atomic E-state index is 0.0159. The summed E-state index contributed by atoms with van der Waals surface area (Å²) >= 11 is 0. The highest BCUT2D eigenvalue weighted by molar-refractivity contribution is 6.00. The fraction of sp³-hybridized carbons (Fsp3) is 0.421. The Balaban J connectivity index is 2.02. The van der Waals surface area contributed by atoms with Gasteiger partial charge in [-0.15, -0.1) is 0 Å². The molecule has 0 spiro atoms. The van der Waals surface area contributed by atoms with Gasteiger partial charge in [0.05, 0.1) is 18.2 Å². The van der Waals surface area contributed by atoms with Crippen LogP contribution in [0.5, 0.6) is 0 Å². The Morgan fingerprint density at radius 1 is 1.21 bits per heavy atom. The molecule has 2 aromatic rings. The van der Waals surface area contributed by atoms with Crippen molar-refractivity contribution in [2.75, 3.05) is 13.7 Å². The monoisotopic (exact) mass is 405 g/mol. The molecule has 0 fully saturated rings. The van der Waals surface area contributed by atoms with Gasteiger partial charge >= 0.3 is 11.9 Å². The molecule has 0 aliphatic heterocycles. The highest BCUT2D eigenvalue weighted by atomic mass is 16.6. The van der Waals surface area contributed by atoms with E-state index in [0.717, 1.165) is 11.8 Å². The maximum atomic E-state index is 12.5. The average Bonchev–Trinajstić information content (AvgIpc) is 3.20. The zero-order chi connectivity index (χ0) is 21.7. The Labute approximate surface area is 167 Å². The van der Waals surface area contributed by atoms with Gasteiger partial charge < -0.3 is 18.6 Å². The van der Waals surface area contributed by atoms with Crippen LogP contribution in [0.15, 0.2) is 18.3 Å². The van der Waals surface area contributed by atoms with Crippen LogP contribution in [0.1, 0.15) is 45.1 Å². The summed E-state index contributed by atoms with van der Waals surface area (Å²) in [5, 5.41) is 10.8. The quantitative estimate of drug-likeness (QED) is 0.271. The third kappa shape index (κ3) is 5.09. The summed E-state index contributed by atoms with van der Waals surface area (Å²) in [7, 11) is 2.81. The molecule has 2 rings (SSSR count). The fourth-order valence-corrected chi connectivity index (χ4v) is 3.04. The highest BCUT2D eigenvalue weighted by Crippen LogP contribution is 2.19. The average molecular weight is 405 g/mol. The third-order valence-corrected chi connectivity index (χ3v) is 4.61. The van der Waals surface area contributed by atoms with Crippen LogP contribution in [0.4, 0.5) is 5.69 Å². The SMILES string of the molecule is COC(=O)CCCn1c(C)cc(C(=O)COC(=O)c2cc([N+](=O)[O-])cn2C)c1C. The first-order valence-electron chi connectivity index (χ1n) is 8.90. The van der Waals surface area contributed by atoms with Crippen molar-refractivity contribution in [2.45, 2.75) is 33.2 Å². The predicted octanol–water partition coefficient (Wildman–Crippen LogP) is 2.34. The zero-order valence-corrected chi connectivity index (χ0v) is 16.8. The van der Waals surface area contributed by atoms with Gasteiger partial charge in [0.2, 0.25) is 5.78 Å². The van der Waals surface area contributed by atoms with Crippen LogP contribution in [-0.4, -0.2) is 45.5 Å². The van der Waals surface area contributed by atoms with Crippen molar-refractivity contribution >= 4 is 23.4 Å². The number of carbonyl (C=O) groups excluding carboxylic acids is 3. The number of Topliss-reactive ketones (excluding diaryl/α,β-unsaturated/α-hetero) is 1. The van der Waals surface area contributed by atoms with E-state index < -0.39 is 17.5 Å². The number of hydrogen-bond acceptors (Lipinski definition) is 7. The number of hydrogen-bond donors (Lipinski definition) is 0. The minimum Gasteiger partial charge on any atom is -0.469 e. The molecule has 0 aromatic carbocycles. The Morgan fingerprint density at radius 2 is 1.90 bits per heavy atom. The van der Waals surface area contributed by atoms with Gasteiger partial charge in [-0.05, 0) is 26.3 Å². The van der Waals surface area contributed by atoms with Crippen LogP contribution >= 0.6 is 0 Å². The van der Waals surface area contributed by atoms with Gasteiger partial charge in [-0.25, -0.2) is 4.79 Å². The zero-order valence-electron chi connectivity index (χ0n) is 16.8. The Kier molecular flexibility index (Phi) is 6.92. The molecule has 10 nitrogen and oxygen atoms in total. The van der Waals surface area contributed by atoms with E-state index in [2.05, 4.69) is 4.74 Å². The van der Waals surface area contributed by atoms with Gasteiger partial charge in [0, 0.05) is 43.0 Å². The Bertz CT molecular complexity index is 955. The second kappa shape index (κ2) is 9.18. The van der Waals surface area contributed by atoms with E-state index in [1.165, 1.54) is 24.9 Å². The molecule has 0 atom stereocenters. The van der Waals surface area contributed by atoms with Crippen molar-refractivity contribution in [2.24, 2.45) is 7.05 Å². The summed E-state index contributed by atoms with van der Waals surface area (Å²) in [5.41, 5.74) is 1.73. The van der Waals surface area contributed by atoms with Crippen molar-refractivity contribution in [3.05, 3.63) is 51.1 Å². The summed E-state index contributed by atoms with van der Waals surface area (Å²) in [5.74, 6) is -1.49. The number of aryl methyl sites for hydroxylation is 2. The molecule has 0 radical (unpaired) electrons. The molecular weight excluding hydrogens is 382 g/mol. The second-order valence-electron chi connectivity index (χ2n) is 6.57. The molecule has 0 unspecified atom stereocenters. The lowest BCUT2D eigenvalue weighted by atomic mass is 10.1. The van der Waals surface area contributed by atoms with Crippen molar-refractivity contribution in [3.63, 3.8) is 0 Å². The largest absolute Gasteiger partial charge is 0.469 e. The molecule has 0 bridgehead atoms. The number of aromatic nitrogens is 2. The molecule has 0 N–H and O–H groups in total. The van der Waals surface area contributed by atoms with E-state index in [1.54, 1.807) is 13.0 Å². The van der Waals surface area contributed by atoms with Gasteiger partial charge in [0.25, 0.3) is 5.69 Å². The highest BCUT2D eigenvalue weighted by Gasteiger charge is 2.21. The second-order valence-corrected chi connectivity index (χ2v) is 6.57. The van der Waals surface area contributed by atoms with Crippen LogP contribution in [0.2, 0.25) is 0 Å². The first-order chi connectivity index (χ1) is 13.6. The molecule has 29 heavy (non-hydrogen) atoms. The first kappa shape index (κ1) is 21.9. The number of carbonyl (C=O) groups is 3. The van der Waals surface area contributed by atoms with Crippen LogP contribution in [0.25, 0.3) is 0 Å². The summed E-state index contributed by atoms with van der Waals surface area (Å²) in [6, 6.07) is 2.80. The normalized spacial score (nSPS) is 10.6. The van der Waals surface area contributed by atoms with Gasteiger partial charge in [0.15, 0.2) is 6.61 Å². The van der Waals surface area contributed by atoms with E-state index >= 15 is 0 Å². The van der Waals surface area contributed by atoms with E-state index in [1.807, 2.05) is 11.5 Å². The summed E-state index contributed by atoms with van der Waals surface area (Å²) in [4.78, 5) is 46.1. The minimum atomic E-state index is -0.819. The Hall–Kier alpha value is -3.43. The molecule has 0 aliphatic rings. The molecule has 0 saturated heterocycles. The summed E-state index contributed by atoms with van der Waals surface area (Å²) in [6.45, 7) is 3.69. The van der Waals surface area contributed by atoms with Gasteiger partial charge in [0.1, 0.15) is 5.69 Å². The summed E-state index contributed by atoms with van der Waals surface area (Å²) in [6.07, 6.45) is 2.04. The van der Waals surface area contributed by atoms with Gasteiger partial charge in [-0.2, -0.15) is 0 Å². The maximum absolute atomic E-state index is 12.5. The number of methoxy groups -OCH3 is 1. The summed E-state index contributed by atoms with van der Waals surface area (Å²) < 4.78 is 12.9. The van der Waals surface area contributed by atoms with Crippen LogP contribution in [0.3, 0.4) is 0 Å². The van der Waals surface area contributed by atoms with Crippen molar-refractivity contribution in [1.29, 1.82) is 0 Å². The van der Waals surface area contributed by atoms with Crippen molar-refractivity contribution in [1.82, 2.24) is 9.13 Å². The van der Waals surface area contributed by atoms with Crippen LogP contribution < -0.4 is 0 Å². The molecule has 0 saturated carbocycles. The van der Waals surface area contributed by atoms with E-state index in [0.29, 0.717) is 24.2 Å². The molecule has 2 heterocycles. The van der Waals surface area contributed by atoms with Crippen LogP contribution in [-0.2, 0) is 27.9 Å². The number of esters is 2. The van der Waals surface area contributed by atoms with E-state index in [-0.39, 0.29) is 29.6 Å². The lowest BCUT2D eigenvalue weighted by Crippen LogP contribution is -2.17. The molecule has 0 aliphatic carbocycles. The topological polar surface area (TPSA) is 123 Å². The molecule has 10 heteroatoms. The van der Waals surface area contributed by atoms with E-state index in [9.17, 15) is 24.5 Å². The van der Waals surface area contributed by atoms with Crippen LogP contribution in [0, 0.1) is 24.0 Å². The standard InChI is InChI=1S/C19H23N3O7/c1-12-8-15(13(2)21(12)7-5-6-18(24)28-4)17(23)11-29-19(25)16-9-14(22(26)27)10-20(16)3/h8-10H,5-7,11H2,1-4H3. The number of rotatable bonds is 9. The van der Waals surface area contributed by atoms with E-state index in [4.69, 9.17) is 4.74 Å². The van der Waals surface area contributed by atoms with Crippen molar-refractivity contribution < 1.29 is 28.8 Å². The lowest BCUT2D eigenvalue weighted by molar-refractivity contribution is -0.384. The maximum Gasteiger partial charge on any atom is 0.355 e. The molecular formula is C19H23N3O7. The lowest BCUT2D eigenvalue weighted by Gasteiger charge is -2.09. The number of nitrogens with zero attached hydrogens (tertiary/aromatic N) is 3. The number of ether oxygens (including phenoxy) is 2. The number of nitro groups is 1. The molecule has 156 valence electrons. The predicted molar refractivity (Wildman–Crippen MR) is 102 cm³/mol. The molecule has 2 aromatic heterocycles. The smallest absolute Gasteiger partial charge is 0.355 e. The number of ketones is 1. The van der Waals surface area contributed by atoms with Crippen molar-refractivity contribution in [3.8, 4) is 0 Å². The Morgan fingerprint density at radius 3 is 2.48 bits per heavy atom. The van der Waals surface area contributed by atoms with Gasteiger partial charge in [-0.3, -0.25) is 19.7 Å².